The molecule has 1 aliphatic heterocycles. The molecule has 1 aromatic carbocycles. The molecule has 0 radical (unpaired) electrons. The third-order valence-electron chi connectivity index (χ3n) is 4.60. The Morgan fingerprint density at radius 3 is 2.73 bits per heavy atom. The lowest BCUT2D eigenvalue weighted by Crippen LogP contribution is -2.38. The quantitative estimate of drug-likeness (QED) is 0.507. The fourth-order valence-corrected chi connectivity index (χ4v) is 3.37. The van der Waals surface area contributed by atoms with E-state index < -0.39 is 12.0 Å². The number of benzene rings is 1. The molecule has 2 fully saturated rings. The molecule has 0 amide bonds. The smallest absolute Gasteiger partial charge is 0.327 e. The van der Waals surface area contributed by atoms with Gasteiger partial charge in [0.2, 0.25) is 0 Å². The number of Topliss-reactive ketones (excluding diaryl/α,β-unsaturated/α-hetero) is 1. The van der Waals surface area contributed by atoms with Crippen LogP contribution in [0.25, 0.3) is 0 Å². The largest absolute Gasteiger partial charge is 0.456 e. The van der Waals surface area contributed by atoms with Gasteiger partial charge in [-0.05, 0) is 36.1 Å². The van der Waals surface area contributed by atoms with E-state index in [0.29, 0.717) is 23.4 Å². The third kappa shape index (κ3) is 2.63. The normalized spacial score (nSPS) is 29.1. The van der Waals surface area contributed by atoms with Crippen molar-refractivity contribution in [2.24, 2.45) is 11.8 Å². The highest BCUT2D eigenvalue weighted by atomic mass is 79.9. The maximum atomic E-state index is 12.1. The van der Waals surface area contributed by atoms with E-state index in [-0.39, 0.29) is 12.4 Å². The van der Waals surface area contributed by atoms with Gasteiger partial charge in [0.05, 0.1) is 0 Å². The van der Waals surface area contributed by atoms with Crippen molar-refractivity contribution in [1.29, 1.82) is 0 Å². The fourth-order valence-electron chi connectivity index (χ4n) is 3.12. The van der Waals surface area contributed by atoms with E-state index in [9.17, 15) is 9.59 Å². The molecule has 0 bridgehead atoms. The molecule has 1 N–H and O–H groups in total. The van der Waals surface area contributed by atoms with E-state index >= 15 is 0 Å². The van der Waals surface area contributed by atoms with Gasteiger partial charge in [0.25, 0.3) is 0 Å². The van der Waals surface area contributed by atoms with Crippen molar-refractivity contribution < 1.29 is 14.3 Å². The zero-order valence-corrected chi connectivity index (χ0v) is 14.1. The molecule has 1 aliphatic carbocycles. The number of piperidine rings is 1. The van der Waals surface area contributed by atoms with Crippen molar-refractivity contribution in [3.05, 3.63) is 46.0 Å². The van der Waals surface area contributed by atoms with Crippen molar-refractivity contribution in [3.63, 3.8) is 0 Å². The van der Waals surface area contributed by atoms with E-state index in [2.05, 4.69) is 34.7 Å². The minimum Gasteiger partial charge on any atom is -0.456 e. The zero-order chi connectivity index (χ0) is 16.0. The lowest BCUT2D eigenvalue weighted by Gasteiger charge is -2.15. The van der Waals surface area contributed by atoms with Crippen LogP contribution < -0.4 is 5.32 Å². The summed E-state index contributed by atoms with van der Waals surface area (Å²) in [5, 5.41) is 3.22. The minimum absolute atomic E-state index is 0.203. The van der Waals surface area contributed by atoms with Crippen LogP contribution in [0.5, 0.6) is 0 Å². The Kier molecular flexibility index (Phi) is 3.95. The second-order valence-electron chi connectivity index (χ2n) is 6.08. The number of esters is 1. The Morgan fingerprint density at radius 1 is 1.41 bits per heavy atom. The van der Waals surface area contributed by atoms with Gasteiger partial charge in [-0.15, -0.1) is 0 Å². The summed E-state index contributed by atoms with van der Waals surface area (Å²) < 4.78 is 6.11. The second kappa shape index (κ2) is 5.63. The summed E-state index contributed by atoms with van der Waals surface area (Å²) in [5.41, 5.74) is 2.40. The lowest BCUT2D eigenvalue weighted by molar-refractivity contribution is -0.143. The van der Waals surface area contributed by atoms with Crippen molar-refractivity contribution in [3.8, 4) is 0 Å². The van der Waals surface area contributed by atoms with E-state index in [1.54, 1.807) is 12.1 Å². The first-order valence-electron chi connectivity index (χ1n) is 7.31. The highest BCUT2D eigenvalue weighted by Crippen LogP contribution is 2.49. The number of aryl methyl sites for hydroxylation is 1. The fraction of sp³-hybridized carbons (Fsp3) is 0.412. The summed E-state index contributed by atoms with van der Waals surface area (Å²) in [6.07, 6.45) is 0. The SMILES string of the molecule is C=C1C(C(=O)OCC(=O)c2ccc(Br)c(C)c2)NC2C(C)C12. The maximum absolute atomic E-state index is 12.1. The molecule has 3 rings (SSSR count). The van der Waals surface area contributed by atoms with Crippen LogP contribution in [0.3, 0.4) is 0 Å². The number of hydrogen-bond acceptors (Lipinski definition) is 4. The number of carbonyl (C=O) groups is 2. The summed E-state index contributed by atoms with van der Waals surface area (Å²) in [5.74, 6) is 0.309. The van der Waals surface area contributed by atoms with E-state index in [4.69, 9.17) is 4.74 Å². The van der Waals surface area contributed by atoms with Gasteiger partial charge in [-0.25, -0.2) is 4.79 Å². The number of halogens is 1. The number of fused-ring (bicyclic) bond motifs is 1. The van der Waals surface area contributed by atoms with Crippen LogP contribution in [0, 0.1) is 18.8 Å². The van der Waals surface area contributed by atoms with Gasteiger partial charge in [0, 0.05) is 22.0 Å². The van der Waals surface area contributed by atoms with Crippen molar-refractivity contribution >= 4 is 27.7 Å². The van der Waals surface area contributed by atoms with Crippen LogP contribution in [0.2, 0.25) is 0 Å². The van der Waals surface area contributed by atoms with Crippen LogP contribution >= 0.6 is 15.9 Å². The predicted octanol–water partition coefficient (Wildman–Crippen LogP) is 2.65. The Balaban J connectivity index is 1.56. The van der Waals surface area contributed by atoms with Crippen LogP contribution in [0.15, 0.2) is 34.8 Å². The summed E-state index contributed by atoms with van der Waals surface area (Å²) in [6.45, 7) is 7.79. The molecule has 0 spiro atoms. The molecule has 2 aliphatic rings. The van der Waals surface area contributed by atoms with E-state index in [1.165, 1.54) is 0 Å². The molecule has 22 heavy (non-hydrogen) atoms. The molecule has 1 heterocycles. The van der Waals surface area contributed by atoms with Crippen molar-refractivity contribution in [1.82, 2.24) is 5.32 Å². The zero-order valence-electron chi connectivity index (χ0n) is 12.6. The molecular formula is C17H18BrNO3. The highest BCUT2D eigenvalue weighted by molar-refractivity contribution is 9.10. The second-order valence-corrected chi connectivity index (χ2v) is 6.93. The number of ether oxygens (including phenoxy) is 1. The highest BCUT2D eigenvalue weighted by Gasteiger charge is 2.57. The molecule has 4 atom stereocenters. The maximum Gasteiger partial charge on any atom is 0.327 e. The first-order chi connectivity index (χ1) is 10.4. The van der Waals surface area contributed by atoms with Gasteiger partial charge in [-0.2, -0.15) is 0 Å². The molecule has 4 nitrogen and oxygen atoms in total. The standard InChI is InChI=1S/C17H18BrNO3/c1-8-6-11(4-5-12(8)18)13(20)7-22-17(21)16-10(3)14-9(2)15(14)19-16/h4-6,9,14-16,19H,3,7H2,1-2H3. The molecule has 5 heteroatoms. The Hall–Kier alpha value is -1.46. The van der Waals surface area contributed by atoms with E-state index in [0.717, 1.165) is 15.6 Å². The summed E-state index contributed by atoms with van der Waals surface area (Å²) in [6, 6.07) is 5.20. The van der Waals surface area contributed by atoms with Gasteiger partial charge >= 0.3 is 5.97 Å². The average molecular weight is 364 g/mol. The third-order valence-corrected chi connectivity index (χ3v) is 5.49. The molecule has 1 saturated carbocycles. The molecular weight excluding hydrogens is 346 g/mol. The average Bonchev–Trinajstić information content (AvgIpc) is 2.98. The number of nitrogens with one attached hydrogen (secondary N) is 1. The van der Waals surface area contributed by atoms with E-state index in [1.807, 2.05) is 13.0 Å². The van der Waals surface area contributed by atoms with Crippen molar-refractivity contribution in [2.75, 3.05) is 6.61 Å². The number of hydrogen-bond donors (Lipinski definition) is 1. The predicted molar refractivity (Wildman–Crippen MR) is 86.7 cm³/mol. The van der Waals surface area contributed by atoms with Gasteiger partial charge in [-0.1, -0.05) is 35.5 Å². The van der Waals surface area contributed by atoms with Crippen LogP contribution in [-0.2, 0) is 9.53 Å². The Bertz CT molecular complexity index is 670. The monoisotopic (exact) mass is 363 g/mol. The van der Waals surface area contributed by atoms with Gasteiger partial charge in [-0.3, -0.25) is 10.1 Å². The first-order valence-corrected chi connectivity index (χ1v) is 8.10. The lowest BCUT2D eigenvalue weighted by atomic mass is 10.1. The summed E-state index contributed by atoms with van der Waals surface area (Å²) in [4.78, 5) is 24.2. The van der Waals surface area contributed by atoms with Crippen LogP contribution in [0.1, 0.15) is 22.8 Å². The molecule has 0 aromatic heterocycles. The van der Waals surface area contributed by atoms with Gasteiger partial charge in [0.15, 0.2) is 12.4 Å². The Morgan fingerprint density at radius 2 is 2.14 bits per heavy atom. The number of rotatable bonds is 4. The molecule has 116 valence electrons. The number of carbonyl (C=O) groups excluding carboxylic acids is 2. The first kappa shape index (κ1) is 15.4. The molecule has 1 saturated heterocycles. The topological polar surface area (TPSA) is 55.4 Å². The minimum atomic E-state index is -0.467. The molecule has 4 unspecified atom stereocenters. The van der Waals surface area contributed by atoms with Gasteiger partial charge < -0.3 is 4.74 Å². The summed E-state index contributed by atoms with van der Waals surface area (Å²) in [7, 11) is 0. The van der Waals surface area contributed by atoms with Crippen molar-refractivity contribution in [2.45, 2.75) is 25.9 Å². The van der Waals surface area contributed by atoms with Crippen LogP contribution in [-0.4, -0.2) is 30.4 Å². The van der Waals surface area contributed by atoms with Crippen LogP contribution in [0.4, 0.5) is 0 Å². The molecule has 1 aromatic rings. The van der Waals surface area contributed by atoms with Gasteiger partial charge in [0.1, 0.15) is 6.04 Å². The number of ketones is 1. The summed E-state index contributed by atoms with van der Waals surface area (Å²) >= 11 is 3.39. The Labute approximate surface area is 138 Å².